The van der Waals surface area contributed by atoms with Gasteiger partial charge in [0.05, 0.1) is 0 Å². The third-order valence-electron chi connectivity index (χ3n) is 5.42. The Morgan fingerprint density at radius 3 is 2.62 bits per heavy atom. The van der Waals surface area contributed by atoms with E-state index in [1.165, 1.54) is 5.56 Å². The van der Waals surface area contributed by atoms with Gasteiger partial charge in [0.25, 0.3) is 5.91 Å². The van der Waals surface area contributed by atoms with Crippen molar-refractivity contribution < 1.29 is 14.3 Å². The number of ether oxygens (including phenoxy) is 2. The Bertz CT molecular complexity index is 774. The predicted molar refractivity (Wildman–Crippen MR) is 101 cm³/mol. The van der Waals surface area contributed by atoms with E-state index >= 15 is 0 Å². The zero-order valence-electron chi connectivity index (χ0n) is 15.2. The normalized spacial score (nSPS) is 21.7. The highest BCUT2D eigenvalue weighted by Crippen LogP contribution is 2.33. The Balaban J connectivity index is 1.49. The smallest absolute Gasteiger partial charge is 0.254 e. The number of hydrogen-bond donors (Lipinski definition) is 0. The minimum atomic E-state index is 0.102. The number of benzene rings is 2. The molecule has 2 heterocycles. The van der Waals surface area contributed by atoms with Crippen LogP contribution in [0.4, 0.5) is 0 Å². The molecule has 1 fully saturated rings. The highest BCUT2D eigenvalue weighted by molar-refractivity contribution is 5.95. The lowest BCUT2D eigenvalue weighted by Gasteiger charge is -2.29. The lowest BCUT2D eigenvalue weighted by atomic mass is 10.0. The van der Waals surface area contributed by atoms with Crippen molar-refractivity contribution in [2.24, 2.45) is 0 Å². The van der Waals surface area contributed by atoms with Crippen LogP contribution >= 0.6 is 0 Å². The summed E-state index contributed by atoms with van der Waals surface area (Å²) < 4.78 is 11.2. The van der Waals surface area contributed by atoms with Crippen LogP contribution in [0.15, 0.2) is 48.5 Å². The van der Waals surface area contributed by atoms with Crippen molar-refractivity contribution in [1.29, 1.82) is 0 Å². The molecule has 136 valence electrons. The molecule has 2 aromatic carbocycles. The van der Waals surface area contributed by atoms with Crippen molar-refractivity contribution in [2.45, 2.75) is 44.7 Å². The number of likely N-dealkylation sites (tertiary alicyclic amines) is 1. The SMILES string of the molecule is C[C@@H]1CC[C@H](CCc2ccccc2)N1C(=O)c1ccc2c(c1)OCCO2. The summed E-state index contributed by atoms with van der Waals surface area (Å²) in [6, 6.07) is 16.6. The predicted octanol–water partition coefficient (Wildman–Crippen LogP) is 4.08. The largest absolute Gasteiger partial charge is 0.486 e. The van der Waals surface area contributed by atoms with E-state index in [2.05, 4.69) is 36.1 Å². The summed E-state index contributed by atoms with van der Waals surface area (Å²) in [6.07, 6.45) is 4.15. The summed E-state index contributed by atoms with van der Waals surface area (Å²) in [4.78, 5) is 15.3. The highest BCUT2D eigenvalue weighted by Gasteiger charge is 2.34. The molecular weight excluding hydrogens is 326 g/mol. The molecule has 0 aliphatic carbocycles. The minimum Gasteiger partial charge on any atom is -0.486 e. The molecule has 1 saturated heterocycles. The summed E-state index contributed by atoms with van der Waals surface area (Å²) in [5.74, 6) is 1.50. The van der Waals surface area contributed by atoms with Crippen molar-refractivity contribution in [1.82, 2.24) is 4.90 Å². The van der Waals surface area contributed by atoms with E-state index in [1.807, 2.05) is 24.3 Å². The van der Waals surface area contributed by atoms with Crippen molar-refractivity contribution in [2.75, 3.05) is 13.2 Å². The van der Waals surface area contributed by atoms with Gasteiger partial charge in [0.15, 0.2) is 11.5 Å². The van der Waals surface area contributed by atoms with Crippen molar-refractivity contribution >= 4 is 5.91 Å². The Kier molecular flexibility index (Phi) is 4.83. The van der Waals surface area contributed by atoms with Crippen LogP contribution in [0.25, 0.3) is 0 Å². The second kappa shape index (κ2) is 7.40. The van der Waals surface area contributed by atoms with Gasteiger partial charge >= 0.3 is 0 Å². The zero-order chi connectivity index (χ0) is 17.9. The fourth-order valence-corrected chi connectivity index (χ4v) is 4.02. The standard InChI is InChI=1S/C22H25NO3/c1-16-7-10-19(11-8-17-5-3-2-4-6-17)23(16)22(24)18-9-12-20-21(15-18)26-14-13-25-20/h2-6,9,12,15-16,19H,7-8,10-11,13-14H2,1H3/t16-,19-/m1/s1. The topological polar surface area (TPSA) is 38.8 Å². The molecule has 1 amide bonds. The number of aryl methyl sites for hydroxylation is 1. The summed E-state index contributed by atoms with van der Waals surface area (Å²) in [6.45, 7) is 3.24. The van der Waals surface area contributed by atoms with Crippen LogP contribution in [0.3, 0.4) is 0 Å². The monoisotopic (exact) mass is 351 g/mol. The van der Waals surface area contributed by atoms with E-state index in [4.69, 9.17) is 9.47 Å². The van der Waals surface area contributed by atoms with Gasteiger partial charge in [0.2, 0.25) is 0 Å². The van der Waals surface area contributed by atoms with Crippen molar-refractivity contribution in [3.05, 3.63) is 59.7 Å². The van der Waals surface area contributed by atoms with Crippen LogP contribution < -0.4 is 9.47 Å². The zero-order valence-corrected chi connectivity index (χ0v) is 15.2. The number of carbonyl (C=O) groups excluding carboxylic acids is 1. The molecule has 0 spiro atoms. The average Bonchev–Trinajstić information content (AvgIpc) is 3.06. The van der Waals surface area contributed by atoms with Crippen molar-refractivity contribution in [3.8, 4) is 11.5 Å². The molecule has 4 nitrogen and oxygen atoms in total. The molecular formula is C22H25NO3. The van der Waals surface area contributed by atoms with Crippen LogP contribution in [0, 0.1) is 0 Å². The number of fused-ring (bicyclic) bond motifs is 1. The third kappa shape index (κ3) is 3.41. The fraction of sp³-hybridized carbons (Fsp3) is 0.409. The summed E-state index contributed by atoms with van der Waals surface area (Å²) in [7, 11) is 0. The summed E-state index contributed by atoms with van der Waals surface area (Å²) >= 11 is 0. The van der Waals surface area contributed by atoms with Gasteiger partial charge < -0.3 is 14.4 Å². The molecule has 0 radical (unpaired) electrons. The molecule has 4 heteroatoms. The Hall–Kier alpha value is -2.49. The molecule has 0 aromatic heterocycles. The quantitative estimate of drug-likeness (QED) is 0.833. The van der Waals surface area contributed by atoms with E-state index < -0.39 is 0 Å². The van der Waals surface area contributed by atoms with Gasteiger partial charge in [-0.05, 0) is 56.4 Å². The summed E-state index contributed by atoms with van der Waals surface area (Å²) in [5.41, 5.74) is 2.02. The van der Waals surface area contributed by atoms with Gasteiger partial charge in [-0.3, -0.25) is 4.79 Å². The van der Waals surface area contributed by atoms with Gasteiger partial charge in [-0.1, -0.05) is 30.3 Å². The Labute approximate surface area is 154 Å². The molecule has 0 saturated carbocycles. The van der Waals surface area contributed by atoms with Gasteiger partial charge in [-0.15, -0.1) is 0 Å². The molecule has 0 N–H and O–H groups in total. The highest BCUT2D eigenvalue weighted by atomic mass is 16.6. The lowest BCUT2D eigenvalue weighted by Crippen LogP contribution is -2.40. The van der Waals surface area contributed by atoms with E-state index in [-0.39, 0.29) is 11.9 Å². The van der Waals surface area contributed by atoms with E-state index in [0.29, 0.717) is 30.6 Å². The number of nitrogens with zero attached hydrogens (tertiary/aromatic N) is 1. The number of carbonyl (C=O) groups is 1. The second-order valence-electron chi connectivity index (χ2n) is 7.18. The van der Waals surface area contributed by atoms with Gasteiger partial charge in [0, 0.05) is 17.6 Å². The first-order chi connectivity index (χ1) is 12.7. The van der Waals surface area contributed by atoms with Crippen LogP contribution in [0.1, 0.15) is 42.1 Å². The van der Waals surface area contributed by atoms with Crippen LogP contribution in [0.5, 0.6) is 11.5 Å². The molecule has 2 aliphatic heterocycles. The average molecular weight is 351 g/mol. The maximum atomic E-state index is 13.2. The van der Waals surface area contributed by atoms with Gasteiger partial charge in [0.1, 0.15) is 13.2 Å². The first-order valence-electron chi connectivity index (χ1n) is 9.48. The van der Waals surface area contributed by atoms with E-state index in [1.54, 1.807) is 0 Å². The first-order valence-corrected chi connectivity index (χ1v) is 9.48. The first kappa shape index (κ1) is 17.0. The number of rotatable bonds is 4. The van der Waals surface area contributed by atoms with Gasteiger partial charge in [-0.2, -0.15) is 0 Å². The van der Waals surface area contributed by atoms with Crippen LogP contribution in [-0.2, 0) is 6.42 Å². The number of amides is 1. The van der Waals surface area contributed by atoms with Crippen LogP contribution in [0.2, 0.25) is 0 Å². The van der Waals surface area contributed by atoms with Gasteiger partial charge in [-0.25, -0.2) is 0 Å². The van der Waals surface area contributed by atoms with Crippen LogP contribution in [-0.4, -0.2) is 36.1 Å². The van der Waals surface area contributed by atoms with E-state index in [9.17, 15) is 4.79 Å². The second-order valence-corrected chi connectivity index (χ2v) is 7.18. The fourth-order valence-electron chi connectivity index (χ4n) is 4.02. The maximum absolute atomic E-state index is 13.2. The molecule has 26 heavy (non-hydrogen) atoms. The summed E-state index contributed by atoms with van der Waals surface area (Å²) in [5, 5.41) is 0. The lowest BCUT2D eigenvalue weighted by molar-refractivity contribution is 0.0671. The maximum Gasteiger partial charge on any atom is 0.254 e. The molecule has 0 unspecified atom stereocenters. The van der Waals surface area contributed by atoms with E-state index in [0.717, 1.165) is 31.4 Å². The molecule has 2 atom stereocenters. The minimum absolute atomic E-state index is 0.102. The molecule has 0 bridgehead atoms. The third-order valence-corrected chi connectivity index (χ3v) is 5.42. The molecule has 2 aromatic rings. The molecule has 4 rings (SSSR count). The number of hydrogen-bond acceptors (Lipinski definition) is 3. The Morgan fingerprint density at radius 2 is 1.81 bits per heavy atom. The van der Waals surface area contributed by atoms with Crippen molar-refractivity contribution in [3.63, 3.8) is 0 Å². The molecule has 2 aliphatic rings. The Morgan fingerprint density at radius 1 is 1.04 bits per heavy atom.